The van der Waals surface area contributed by atoms with E-state index in [4.69, 9.17) is 34.8 Å². The van der Waals surface area contributed by atoms with Gasteiger partial charge >= 0.3 is 0 Å². The van der Waals surface area contributed by atoms with E-state index < -0.39 is 0 Å². The van der Waals surface area contributed by atoms with Crippen molar-refractivity contribution in [2.24, 2.45) is 0 Å². The highest BCUT2D eigenvalue weighted by Gasteiger charge is 2.03. The summed E-state index contributed by atoms with van der Waals surface area (Å²) in [7, 11) is 0. The van der Waals surface area contributed by atoms with Crippen molar-refractivity contribution in [3.63, 3.8) is 0 Å². The first-order chi connectivity index (χ1) is 6.15. The zero-order valence-electron chi connectivity index (χ0n) is 6.37. The summed E-state index contributed by atoms with van der Waals surface area (Å²) in [5.41, 5.74) is 0.690. The molecular weight excluding hydrogens is 294 g/mol. The quantitative estimate of drug-likeness (QED) is 0.378. The van der Waals surface area contributed by atoms with Gasteiger partial charge in [-0.1, -0.05) is 62.6 Å². The molecule has 4 heteroatoms. The Morgan fingerprint density at radius 2 is 1.69 bits per heavy atom. The van der Waals surface area contributed by atoms with Crippen LogP contribution in [-0.2, 0) is 0 Å². The number of hydrogen-bond donors (Lipinski definition) is 0. The predicted octanol–water partition coefficient (Wildman–Crippen LogP) is 4.39. The maximum absolute atomic E-state index is 5.88. The van der Waals surface area contributed by atoms with Gasteiger partial charge < -0.3 is 0 Å². The van der Waals surface area contributed by atoms with Crippen LogP contribution in [0.1, 0.15) is 5.56 Å². The van der Waals surface area contributed by atoms with Gasteiger partial charge in [-0.25, -0.2) is 0 Å². The summed E-state index contributed by atoms with van der Waals surface area (Å²) < 4.78 is 0. The Kier molecular flexibility index (Phi) is 4.41. The van der Waals surface area contributed by atoms with Gasteiger partial charge in [0.25, 0.3) is 0 Å². The van der Waals surface area contributed by atoms with E-state index in [1.807, 2.05) is 0 Å². The molecule has 1 aromatic carbocycles. The molecule has 0 aromatic heterocycles. The Morgan fingerprint density at radius 3 is 2.31 bits per heavy atom. The molecule has 0 saturated heterocycles. The molecule has 0 atom stereocenters. The van der Waals surface area contributed by atoms with Crippen molar-refractivity contribution >= 4 is 50.7 Å². The number of benzene rings is 1. The Morgan fingerprint density at radius 1 is 1.08 bits per heavy atom. The van der Waals surface area contributed by atoms with Gasteiger partial charge in [-0.05, 0) is 12.1 Å². The highest BCUT2D eigenvalue weighted by atomic mass is 79.9. The standard InChI is InChI=1S/C9H4BrCl3/c10-3-1-2-6-4-8(12)9(13)5-7(6)11/h4-5H,3H2. The Labute approximate surface area is 100 Å². The van der Waals surface area contributed by atoms with Crippen molar-refractivity contribution in [3.8, 4) is 11.8 Å². The van der Waals surface area contributed by atoms with E-state index in [2.05, 4.69) is 27.8 Å². The Bertz CT molecular complexity index is 376. The SMILES string of the molecule is Clc1cc(Cl)c(C#CCBr)cc1Cl. The molecule has 0 heterocycles. The highest BCUT2D eigenvalue weighted by Crippen LogP contribution is 2.28. The van der Waals surface area contributed by atoms with Crippen LogP contribution in [0.4, 0.5) is 0 Å². The summed E-state index contributed by atoms with van der Waals surface area (Å²) >= 11 is 20.6. The molecule has 1 rings (SSSR count). The van der Waals surface area contributed by atoms with E-state index >= 15 is 0 Å². The Hall–Kier alpha value is 0.130. The topological polar surface area (TPSA) is 0 Å². The van der Waals surface area contributed by atoms with Crippen LogP contribution in [0.25, 0.3) is 0 Å². The summed E-state index contributed by atoms with van der Waals surface area (Å²) in [5, 5.41) is 2.02. The van der Waals surface area contributed by atoms with Gasteiger partial charge in [0, 0.05) is 5.56 Å². The van der Waals surface area contributed by atoms with Crippen LogP contribution in [0.3, 0.4) is 0 Å². The molecule has 0 aliphatic heterocycles. The summed E-state index contributed by atoms with van der Waals surface area (Å²) in [5.74, 6) is 5.69. The molecule has 0 bridgehead atoms. The van der Waals surface area contributed by atoms with Crippen LogP contribution in [0, 0.1) is 11.8 Å². The lowest BCUT2D eigenvalue weighted by Crippen LogP contribution is -1.79. The zero-order valence-corrected chi connectivity index (χ0v) is 10.2. The fourth-order valence-electron chi connectivity index (χ4n) is 0.747. The van der Waals surface area contributed by atoms with Gasteiger partial charge in [-0.15, -0.1) is 0 Å². The summed E-state index contributed by atoms with van der Waals surface area (Å²) in [6, 6.07) is 3.24. The van der Waals surface area contributed by atoms with Crippen LogP contribution in [-0.4, -0.2) is 5.33 Å². The molecule has 0 saturated carbocycles. The average molecular weight is 298 g/mol. The van der Waals surface area contributed by atoms with Gasteiger partial charge in [0.05, 0.1) is 20.4 Å². The van der Waals surface area contributed by atoms with E-state index in [1.165, 1.54) is 0 Å². The van der Waals surface area contributed by atoms with E-state index in [9.17, 15) is 0 Å². The molecule has 0 nitrogen and oxygen atoms in total. The largest absolute Gasteiger partial charge is 0.0863 e. The lowest BCUT2D eigenvalue weighted by molar-refractivity contribution is 1.64. The first-order valence-corrected chi connectivity index (χ1v) is 5.60. The van der Waals surface area contributed by atoms with Crippen molar-refractivity contribution in [1.29, 1.82) is 0 Å². The minimum atomic E-state index is 0.441. The predicted molar refractivity (Wildman–Crippen MR) is 62.1 cm³/mol. The molecule has 0 radical (unpaired) electrons. The first kappa shape index (κ1) is 11.2. The van der Waals surface area contributed by atoms with Crippen molar-refractivity contribution in [2.75, 3.05) is 5.33 Å². The average Bonchev–Trinajstić information content (AvgIpc) is 2.09. The van der Waals surface area contributed by atoms with E-state index in [0.29, 0.717) is 26.0 Å². The van der Waals surface area contributed by atoms with Gasteiger partial charge in [0.2, 0.25) is 0 Å². The minimum Gasteiger partial charge on any atom is -0.0863 e. The van der Waals surface area contributed by atoms with Crippen LogP contribution in [0.5, 0.6) is 0 Å². The minimum absolute atomic E-state index is 0.441. The normalized spacial score (nSPS) is 9.23. The van der Waals surface area contributed by atoms with E-state index in [1.54, 1.807) is 12.1 Å². The molecule has 0 unspecified atom stereocenters. The smallest absolute Gasteiger partial charge is 0.0649 e. The maximum Gasteiger partial charge on any atom is 0.0649 e. The summed E-state index contributed by atoms with van der Waals surface area (Å²) in [6.45, 7) is 0. The third kappa shape index (κ3) is 3.07. The maximum atomic E-state index is 5.88. The van der Waals surface area contributed by atoms with Crippen molar-refractivity contribution < 1.29 is 0 Å². The number of hydrogen-bond acceptors (Lipinski definition) is 0. The van der Waals surface area contributed by atoms with Gasteiger partial charge in [0.1, 0.15) is 0 Å². The lowest BCUT2D eigenvalue weighted by atomic mass is 10.2. The number of rotatable bonds is 0. The van der Waals surface area contributed by atoms with Gasteiger partial charge in [-0.2, -0.15) is 0 Å². The molecule has 68 valence electrons. The molecule has 0 spiro atoms. The fourth-order valence-corrected chi connectivity index (χ4v) is 1.48. The van der Waals surface area contributed by atoms with Crippen molar-refractivity contribution in [3.05, 3.63) is 32.8 Å². The molecule has 0 amide bonds. The van der Waals surface area contributed by atoms with E-state index in [-0.39, 0.29) is 0 Å². The van der Waals surface area contributed by atoms with Crippen LogP contribution in [0.2, 0.25) is 15.1 Å². The molecular formula is C9H4BrCl3. The van der Waals surface area contributed by atoms with Gasteiger partial charge in [0.15, 0.2) is 0 Å². The molecule has 1 aromatic rings. The summed E-state index contributed by atoms with van der Waals surface area (Å²) in [6.07, 6.45) is 0. The lowest BCUT2D eigenvalue weighted by Gasteiger charge is -1.99. The fraction of sp³-hybridized carbons (Fsp3) is 0.111. The first-order valence-electron chi connectivity index (χ1n) is 3.34. The van der Waals surface area contributed by atoms with Gasteiger partial charge in [-0.3, -0.25) is 0 Å². The highest BCUT2D eigenvalue weighted by molar-refractivity contribution is 9.09. The summed E-state index contributed by atoms with van der Waals surface area (Å²) in [4.78, 5) is 0. The van der Waals surface area contributed by atoms with Crippen LogP contribution < -0.4 is 0 Å². The number of halogens is 4. The monoisotopic (exact) mass is 296 g/mol. The third-order valence-corrected chi connectivity index (χ3v) is 2.62. The molecule has 0 fully saturated rings. The molecule has 0 N–H and O–H groups in total. The van der Waals surface area contributed by atoms with Crippen molar-refractivity contribution in [2.45, 2.75) is 0 Å². The molecule has 13 heavy (non-hydrogen) atoms. The van der Waals surface area contributed by atoms with Crippen LogP contribution >= 0.6 is 50.7 Å². The third-order valence-electron chi connectivity index (χ3n) is 1.30. The Balaban J connectivity index is 3.16. The molecule has 0 aliphatic carbocycles. The second-order valence-corrected chi connectivity index (χ2v) is 3.96. The van der Waals surface area contributed by atoms with E-state index in [0.717, 1.165) is 0 Å². The molecule has 0 aliphatic rings. The second kappa shape index (κ2) is 5.12. The van der Waals surface area contributed by atoms with Crippen molar-refractivity contribution in [1.82, 2.24) is 0 Å². The van der Waals surface area contributed by atoms with Crippen LogP contribution in [0.15, 0.2) is 12.1 Å². The number of alkyl halides is 1. The second-order valence-electron chi connectivity index (χ2n) is 2.18. The zero-order chi connectivity index (χ0) is 9.84.